The van der Waals surface area contributed by atoms with Gasteiger partial charge in [-0.2, -0.15) is 0 Å². The SMILES string of the molecule is Cc1ccc(C(=O)CCC(=O)NC(c2ccccc2)c2nc3ccccc3n2C)s1. The second kappa shape index (κ2) is 8.63. The maximum Gasteiger partial charge on any atom is 0.221 e. The number of thiophene rings is 1. The first-order valence-electron chi connectivity index (χ1n) is 9.88. The number of carbonyl (C=O) groups is 2. The van der Waals surface area contributed by atoms with E-state index in [0.717, 1.165) is 27.3 Å². The van der Waals surface area contributed by atoms with Crippen LogP contribution in [0.3, 0.4) is 0 Å². The quantitative estimate of drug-likeness (QED) is 0.439. The van der Waals surface area contributed by atoms with Gasteiger partial charge in [-0.05, 0) is 36.8 Å². The van der Waals surface area contributed by atoms with Crippen LogP contribution < -0.4 is 5.32 Å². The first-order chi connectivity index (χ1) is 14.5. The standard InChI is InChI=1S/C24H23N3O2S/c1-16-12-14-21(30-16)20(28)13-15-22(29)26-23(17-8-4-3-5-9-17)24-25-18-10-6-7-11-19(18)27(24)2/h3-12,14,23H,13,15H2,1-2H3,(H,26,29). The van der Waals surface area contributed by atoms with Crippen molar-refractivity contribution in [3.8, 4) is 0 Å². The number of Topliss-reactive ketones (excluding diaryl/α,β-unsaturated/α-hetero) is 1. The van der Waals surface area contributed by atoms with Crippen LogP contribution in [0.1, 0.15) is 44.8 Å². The van der Waals surface area contributed by atoms with Crippen LogP contribution in [0.4, 0.5) is 0 Å². The Hall–Kier alpha value is -3.25. The Morgan fingerprint density at radius 1 is 1.00 bits per heavy atom. The number of ketones is 1. The summed E-state index contributed by atoms with van der Waals surface area (Å²) in [6.45, 7) is 1.97. The van der Waals surface area contributed by atoms with Crippen molar-refractivity contribution < 1.29 is 9.59 Å². The molecule has 0 aliphatic heterocycles. The zero-order chi connectivity index (χ0) is 21.1. The summed E-state index contributed by atoms with van der Waals surface area (Å²) in [5.74, 6) is 0.593. The summed E-state index contributed by atoms with van der Waals surface area (Å²) in [4.78, 5) is 31.7. The first-order valence-corrected chi connectivity index (χ1v) is 10.7. The van der Waals surface area contributed by atoms with E-state index in [0.29, 0.717) is 4.88 Å². The Morgan fingerprint density at radius 2 is 1.73 bits per heavy atom. The average Bonchev–Trinajstić information content (AvgIpc) is 3.34. The summed E-state index contributed by atoms with van der Waals surface area (Å²) in [6, 6.07) is 21.0. The molecule has 152 valence electrons. The molecular weight excluding hydrogens is 394 g/mol. The first kappa shape index (κ1) is 20.0. The number of nitrogens with one attached hydrogen (secondary N) is 1. The lowest BCUT2D eigenvalue weighted by molar-refractivity contribution is -0.121. The zero-order valence-electron chi connectivity index (χ0n) is 17.0. The maximum atomic E-state index is 12.8. The minimum Gasteiger partial charge on any atom is -0.342 e. The van der Waals surface area contributed by atoms with Crippen molar-refractivity contribution in [1.29, 1.82) is 0 Å². The van der Waals surface area contributed by atoms with Gasteiger partial charge in [0.1, 0.15) is 11.9 Å². The normalized spacial score (nSPS) is 12.1. The fourth-order valence-corrected chi connectivity index (χ4v) is 4.37. The van der Waals surface area contributed by atoms with E-state index >= 15 is 0 Å². The van der Waals surface area contributed by atoms with E-state index in [1.165, 1.54) is 11.3 Å². The number of hydrogen-bond donors (Lipinski definition) is 1. The molecule has 1 atom stereocenters. The predicted octanol–water partition coefficient (Wildman–Crippen LogP) is 4.81. The van der Waals surface area contributed by atoms with Crippen LogP contribution in [0.15, 0.2) is 66.7 Å². The summed E-state index contributed by atoms with van der Waals surface area (Å²) in [6.07, 6.45) is 0.332. The molecule has 0 fully saturated rings. The number of benzene rings is 2. The van der Waals surface area contributed by atoms with Gasteiger partial charge < -0.3 is 9.88 Å². The van der Waals surface area contributed by atoms with E-state index in [1.807, 2.05) is 85.3 Å². The van der Waals surface area contributed by atoms with Gasteiger partial charge >= 0.3 is 0 Å². The van der Waals surface area contributed by atoms with E-state index in [4.69, 9.17) is 4.98 Å². The number of hydrogen-bond acceptors (Lipinski definition) is 4. The Kier molecular flexibility index (Phi) is 5.77. The highest BCUT2D eigenvalue weighted by atomic mass is 32.1. The Balaban J connectivity index is 1.55. The highest BCUT2D eigenvalue weighted by Gasteiger charge is 2.23. The largest absolute Gasteiger partial charge is 0.342 e. The van der Waals surface area contributed by atoms with E-state index in [-0.39, 0.29) is 24.5 Å². The molecule has 2 aromatic carbocycles. The molecule has 0 saturated carbocycles. The minimum absolute atomic E-state index is 0.00208. The maximum absolute atomic E-state index is 12.8. The van der Waals surface area contributed by atoms with Crippen LogP contribution in [0.5, 0.6) is 0 Å². The molecule has 4 aromatic rings. The van der Waals surface area contributed by atoms with Gasteiger partial charge in [0.2, 0.25) is 5.91 Å². The van der Waals surface area contributed by atoms with Gasteiger partial charge in [-0.1, -0.05) is 42.5 Å². The van der Waals surface area contributed by atoms with Crippen molar-refractivity contribution in [1.82, 2.24) is 14.9 Å². The van der Waals surface area contributed by atoms with Gasteiger partial charge in [-0.25, -0.2) is 4.98 Å². The van der Waals surface area contributed by atoms with E-state index in [9.17, 15) is 9.59 Å². The molecule has 0 radical (unpaired) electrons. The van der Waals surface area contributed by atoms with Gasteiger partial charge in [-0.3, -0.25) is 9.59 Å². The number of nitrogens with zero attached hydrogens (tertiary/aromatic N) is 2. The summed E-state index contributed by atoms with van der Waals surface area (Å²) in [7, 11) is 1.95. The fourth-order valence-electron chi connectivity index (χ4n) is 3.53. The molecule has 4 rings (SSSR count). The molecule has 1 unspecified atom stereocenters. The highest BCUT2D eigenvalue weighted by Crippen LogP contribution is 2.25. The van der Waals surface area contributed by atoms with Crippen molar-refractivity contribution in [2.24, 2.45) is 7.05 Å². The molecule has 1 amide bonds. The third-order valence-electron chi connectivity index (χ3n) is 5.11. The molecule has 6 heteroatoms. The van der Waals surface area contributed by atoms with Gasteiger partial charge in [0, 0.05) is 24.8 Å². The van der Waals surface area contributed by atoms with Crippen molar-refractivity contribution in [2.45, 2.75) is 25.8 Å². The number of imidazole rings is 1. The van der Waals surface area contributed by atoms with Crippen LogP contribution in [-0.4, -0.2) is 21.2 Å². The molecule has 5 nitrogen and oxygen atoms in total. The summed E-state index contributed by atoms with van der Waals surface area (Å²) >= 11 is 1.46. The summed E-state index contributed by atoms with van der Waals surface area (Å²) < 4.78 is 2.01. The molecule has 0 saturated heterocycles. The molecule has 30 heavy (non-hydrogen) atoms. The molecular formula is C24H23N3O2S. The second-order valence-electron chi connectivity index (χ2n) is 7.26. The molecule has 0 aliphatic carbocycles. The third kappa shape index (κ3) is 4.19. The lowest BCUT2D eigenvalue weighted by Gasteiger charge is -2.19. The number of amides is 1. The van der Waals surface area contributed by atoms with Crippen LogP contribution in [0.25, 0.3) is 11.0 Å². The summed E-state index contributed by atoms with van der Waals surface area (Å²) in [5, 5.41) is 3.09. The number of rotatable bonds is 7. The lowest BCUT2D eigenvalue weighted by Crippen LogP contribution is -2.31. The van der Waals surface area contributed by atoms with Crippen molar-refractivity contribution >= 4 is 34.1 Å². The zero-order valence-corrected chi connectivity index (χ0v) is 17.8. The molecule has 0 spiro atoms. The van der Waals surface area contributed by atoms with Crippen molar-refractivity contribution in [3.05, 3.63) is 87.9 Å². The van der Waals surface area contributed by atoms with Gasteiger partial charge in [0.15, 0.2) is 5.78 Å². The molecule has 2 heterocycles. The van der Waals surface area contributed by atoms with E-state index in [2.05, 4.69) is 5.32 Å². The number of fused-ring (bicyclic) bond motifs is 1. The molecule has 0 bridgehead atoms. The number of carbonyl (C=O) groups excluding carboxylic acids is 2. The molecule has 0 aliphatic rings. The number of aromatic nitrogens is 2. The fraction of sp³-hybridized carbons (Fsp3) is 0.208. The highest BCUT2D eigenvalue weighted by molar-refractivity contribution is 7.14. The third-order valence-corrected chi connectivity index (χ3v) is 6.15. The van der Waals surface area contributed by atoms with Crippen LogP contribution >= 0.6 is 11.3 Å². The van der Waals surface area contributed by atoms with Gasteiger partial charge in [0.25, 0.3) is 0 Å². The Labute approximate surface area is 179 Å². The average molecular weight is 418 g/mol. The monoisotopic (exact) mass is 417 g/mol. The minimum atomic E-state index is -0.393. The van der Waals surface area contributed by atoms with E-state index < -0.39 is 6.04 Å². The van der Waals surface area contributed by atoms with Crippen LogP contribution in [0, 0.1) is 6.92 Å². The Morgan fingerprint density at radius 3 is 2.43 bits per heavy atom. The van der Waals surface area contributed by atoms with E-state index in [1.54, 1.807) is 0 Å². The molecule has 2 aromatic heterocycles. The second-order valence-corrected chi connectivity index (χ2v) is 8.55. The number of aryl methyl sites for hydroxylation is 2. The van der Waals surface area contributed by atoms with Gasteiger partial charge in [-0.15, -0.1) is 11.3 Å². The van der Waals surface area contributed by atoms with Gasteiger partial charge in [0.05, 0.1) is 15.9 Å². The lowest BCUT2D eigenvalue weighted by atomic mass is 10.1. The van der Waals surface area contributed by atoms with Crippen LogP contribution in [0.2, 0.25) is 0 Å². The Bertz CT molecular complexity index is 1190. The van der Waals surface area contributed by atoms with Crippen molar-refractivity contribution in [2.75, 3.05) is 0 Å². The predicted molar refractivity (Wildman–Crippen MR) is 120 cm³/mol. The molecule has 1 N–H and O–H groups in total. The smallest absolute Gasteiger partial charge is 0.221 e. The number of para-hydroxylation sites is 2. The topological polar surface area (TPSA) is 64.0 Å². The van der Waals surface area contributed by atoms with Crippen molar-refractivity contribution in [3.63, 3.8) is 0 Å². The summed E-state index contributed by atoms with van der Waals surface area (Å²) in [5.41, 5.74) is 2.84. The van der Waals surface area contributed by atoms with Crippen LogP contribution in [-0.2, 0) is 11.8 Å².